The molecule has 1 aromatic heterocycles. The van der Waals surface area contributed by atoms with Gasteiger partial charge in [-0.05, 0) is 64.7 Å². The van der Waals surface area contributed by atoms with Crippen molar-refractivity contribution in [3.8, 4) is 16.9 Å². The Morgan fingerprint density at radius 2 is 1.71 bits per heavy atom. The highest BCUT2D eigenvalue weighted by Gasteiger charge is 2.33. The van der Waals surface area contributed by atoms with E-state index in [4.69, 9.17) is 9.47 Å². The average molecular weight is 660 g/mol. The Morgan fingerprint density at radius 3 is 2.45 bits per heavy atom. The summed E-state index contributed by atoms with van der Waals surface area (Å²) in [6.07, 6.45) is 1.95. The number of phenols is 1. The third-order valence-electron chi connectivity index (χ3n) is 8.74. The van der Waals surface area contributed by atoms with Gasteiger partial charge in [0.05, 0.1) is 30.5 Å². The first-order chi connectivity index (χ1) is 23.9. The number of aliphatic hydroxyl groups is 2. The Bertz CT molecular complexity index is 1820. The number of aromatic nitrogens is 1. The predicted molar refractivity (Wildman–Crippen MR) is 186 cm³/mol. The van der Waals surface area contributed by atoms with Crippen molar-refractivity contribution < 1.29 is 29.6 Å². The molecule has 4 aromatic carbocycles. The molecule has 49 heavy (non-hydrogen) atoms. The Hall–Kier alpha value is -4.90. The van der Waals surface area contributed by atoms with E-state index in [1.54, 1.807) is 48.8 Å². The fraction of sp³-hybridized carbons (Fsp3) is 0.250. The Kier molecular flexibility index (Phi) is 11.1. The molecule has 0 aliphatic carbocycles. The molecule has 1 fully saturated rings. The number of nitrogens with zero attached hydrogens (tertiary/aromatic N) is 2. The third kappa shape index (κ3) is 8.77. The van der Waals surface area contributed by atoms with Gasteiger partial charge in [0, 0.05) is 44.0 Å². The first-order valence-electron chi connectivity index (χ1n) is 16.4. The molecule has 1 amide bonds. The number of carbonyl (C=O) groups excluding carboxylic acids is 1. The van der Waals surface area contributed by atoms with Crippen LogP contribution in [-0.4, -0.2) is 57.4 Å². The van der Waals surface area contributed by atoms with E-state index in [0.717, 1.165) is 33.4 Å². The Morgan fingerprint density at radius 1 is 0.939 bits per heavy atom. The van der Waals surface area contributed by atoms with E-state index < -0.39 is 12.4 Å². The number of aliphatic hydroxyl groups excluding tert-OH is 2. The summed E-state index contributed by atoms with van der Waals surface area (Å²) in [6, 6.07) is 34.0. The summed E-state index contributed by atoms with van der Waals surface area (Å²) in [4.78, 5) is 18.7. The van der Waals surface area contributed by atoms with E-state index in [1.807, 2.05) is 84.7 Å². The number of benzene rings is 4. The van der Waals surface area contributed by atoms with Gasteiger partial charge >= 0.3 is 0 Å². The minimum absolute atomic E-state index is 0.0289. The van der Waals surface area contributed by atoms with Crippen molar-refractivity contribution >= 4 is 5.91 Å². The largest absolute Gasteiger partial charge is 0.508 e. The summed E-state index contributed by atoms with van der Waals surface area (Å²) in [6.45, 7) is 1.25. The number of carbonyl (C=O) groups is 1. The SMILES string of the molecule is CN(CC1CC(c2ccc(CO)cc2)OC(c2ccc(-c3ccccc3CNC(=O)c3cccnc3)cc2)O1)CC(O)c1cccc(O)c1. The molecule has 2 heterocycles. The van der Waals surface area contributed by atoms with Crippen LogP contribution < -0.4 is 5.32 Å². The van der Waals surface area contributed by atoms with Gasteiger partial charge in [-0.3, -0.25) is 9.78 Å². The Balaban J connectivity index is 1.17. The van der Waals surface area contributed by atoms with Gasteiger partial charge in [0.2, 0.25) is 0 Å². The van der Waals surface area contributed by atoms with Crippen LogP contribution in [0, 0.1) is 0 Å². The molecule has 1 saturated heterocycles. The van der Waals surface area contributed by atoms with Gasteiger partial charge in [0.25, 0.3) is 5.91 Å². The van der Waals surface area contributed by atoms with E-state index >= 15 is 0 Å². The van der Waals surface area contributed by atoms with Gasteiger partial charge in [-0.1, -0.05) is 84.9 Å². The molecule has 0 saturated carbocycles. The van der Waals surface area contributed by atoms with Crippen LogP contribution in [0.15, 0.2) is 122 Å². The number of ether oxygens (including phenoxy) is 2. The number of aromatic hydroxyl groups is 1. The fourth-order valence-electron chi connectivity index (χ4n) is 6.14. The molecule has 9 nitrogen and oxygen atoms in total. The standard InChI is InChI=1S/C40H41N3O6/c1-43(25-37(46)31-7-4-9-34(45)20-31)24-35-21-38(29-13-11-27(26-44)12-14-29)49-40(48-35)30-17-15-28(16-18-30)36-10-3-2-6-32(36)23-42-39(47)33-8-5-19-41-22-33/h2-20,22,35,37-38,40,44-46H,21,23-26H2,1H3,(H,42,47). The summed E-state index contributed by atoms with van der Waals surface area (Å²) < 4.78 is 13.1. The highest BCUT2D eigenvalue weighted by Crippen LogP contribution is 2.39. The number of amides is 1. The first-order valence-corrected chi connectivity index (χ1v) is 16.4. The predicted octanol–water partition coefficient (Wildman–Crippen LogP) is 6.09. The minimum Gasteiger partial charge on any atom is -0.508 e. The van der Waals surface area contributed by atoms with Crippen molar-refractivity contribution in [1.29, 1.82) is 0 Å². The zero-order valence-corrected chi connectivity index (χ0v) is 27.4. The van der Waals surface area contributed by atoms with Crippen molar-refractivity contribution in [3.63, 3.8) is 0 Å². The van der Waals surface area contributed by atoms with E-state index in [2.05, 4.69) is 10.3 Å². The maximum atomic E-state index is 12.7. The number of hydrogen-bond donors (Lipinski definition) is 4. The Labute approximate surface area is 286 Å². The van der Waals surface area contributed by atoms with Crippen LogP contribution in [-0.2, 0) is 22.6 Å². The van der Waals surface area contributed by atoms with Crippen LogP contribution in [0.4, 0.5) is 0 Å². The number of phenolic OH excluding ortho intramolecular Hbond substituents is 1. The second-order valence-electron chi connectivity index (χ2n) is 12.4. The van der Waals surface area contributed by atoms with Crippen molar-refractivity contribution in [2.45, 2.75) is 44.2 Å². The lowest BCUT2D eigenvalue weighted by molar-refractivity contribution is -0.252. The van der Waals surface area contributed by atoms with Gasteiger partial charge < -0.3 is 35.0 Å². The lowest BCUT2D eigenvalue weighted by atomic mass is 9.97. The first kappa shape index (κ1) is 34.0. The topological polar surface area (TPSA) is 124 Å². The van der Waals surface area contributed by atoms with Crippen molar-refractivity contribution in [3.05, 3.63) is 155 Å². The summed E-state index contributed by atoms with van der Waals surface area (Å²) in [7, 11) is 1.94. The highest BCUT2D eigenvalue weighted by atomic mass is 16.7. The smallest absolute Gasteiger partial charge is 0.253 e. The number of pyridine rings is 1. The lowest BCUT2D eigenvalue weighted by Crippen LogP contribution is -2.39. The lowest BCUT2D eigenvalue weighted by Gasteiger charge is -2.38. The number of rotatable bonds is 12. The second kappa shape index (κ2) is 16.0. The molecule has 1 aliphatic rings. The molecule has 6 rings (SSSR count). The molecule has 4 N–H and O–H groups in total. The molecule has 1 aliphatic heterocycles. The summed E-state index contributed by atoms with van der Waals surface area (Å²) in [5.41, 5.74) is 6.86. The van der Waals surface area contributed by atoms with Crippen LogP contribution in [0.5, 0.6) is 5.75 Å². The van der Waals surface area contributed by atoms with Gasteiger partial charge in [0.15, 0.2) is 6.29 Å². The van der Waals surface area contributed by atoms with E-state index in [-0.39, 0.29) is 30.5 Å². The van der Waals surface area contributed by atoms with E-state index in [1.165, 1.54) is 0 Å². The number of likely N-dealkylation sites (N-methyl/N-ethyl adjacent to an activating group) is 1. The van der Waals surface area contributed by atoms with Gasteiger partial charge in [0.1, 0.15) is 5.75 Å². The maximum absolute atomic E-state index is 12.7. The third-order valence-corrected chi connectivity index (χ3v) is 8.74. The molecule has 0 spiro atoms. The van der Waals surface area contributed by atoms with Crippen molar-refractivity contribution in [1.82, 2.24) is 15.2 Å². The monoisotopic (exact) mass is 659 g/mol. The molecule has 0 radical (unpaired) electrons. The number of nitrogens with one attached hydrogen (secondary N) is 1. The molecule has 4 unspecified atom stereocenters. The van der Waals surface area contributed by atoms with Crippen LogP contribution >= 0.6 is 0 Å². The summed E-state index contributed by atoms with van der Waals surface area (Å²) in [5, 5.41) is 33.2. The number of hydrogen-bond acceptors (Lipinski definition) is 8. The van der Waals surface area contributed by atoms with E-state index in [0.29, 0.717) is 37.2 Å². The molecule has 4 atom stereocenters. The van der Waals surface area contributed by atoms with Gasteiger partial charge in [-0.15, -0.1) is 0 Å². The minimum atomic E-state index is -0.770. The molecular weight excluding hydrogens is 618 g/mol. The van der Waals surface area contributed by atoms with Gasteiger partial charge in [-0.2, -0.15) is 0 Å². The average Bonchev–Trinajstić information content (AvgIpc) is 3.14. The fourth-order valence-corrected chi connectivity index (χ4v) is 6.14. The van der Waals surface area contributed by atoms with Crippen LogP contribution in [0.25, 0.3) is 11.1 Å². The maximum Gasteiger partial charge on any atom is 0.253 e. The highest BCUT2D eigenvalue weighted by molar-refractivity contribution is 5.93. The van der Waals surface area contributed by atoms with Crippen molar-refractivity contribution in [2.75, 3.05) is 20.1 Å². The molecular formula is C40H41N3O6. The molecule has 9 heteroatoms. The van der Waals surface area contributed by atoms with Crippen LogP contribution in [0.2, 0.25) is 0 Å². The molecule has 5 aromatic rings. The zero-order valence-electron chi connectivity index (χ0n) is 27.4. The van der Waals surface area contributed by atoms with Crippen molar-refractivity contribution in [2.24, 2.45) is 0 Å². The summed E-state index contributed by atoms with van der Waals surface area (Å²) >= 11 is 0. The molecule has 0 bridgehead atoms. The summed E-state index contributed by atoms with van der Waals surface area (Å²) in [5.74, 6) is -0.0635. The normalized spacial score (nSPS) is 18.2. The van der Waals surface area contributed by atoms with E-state index in [9.17, 15) is 20.1 Å². The quantitative estimate of drug-likeness (QED) is 0.127. The molecule has 252 valence electrons. The van der Waals surface area contributed by atoms with Crippen LogP contribution in [0.3, 0.4) is 0 Å². The second-order valence-corrected chi connectivity index (χ2v) is 12.4. The van der Waals surface area contributed by atoms with Crippen LogP contribution in [0.1, 0.15) is 63.1 Å². The van der Waals surface area contributed by atoms with Gasteiger partial charge in [-0.25, -0.2) is 0 Å². The zero-order chi connectivity index (χ0) is 34.2.